The van der Waals surface area contributed by atoms with Gasteiger partial charge in [0.25, 0.3) is 5.91 Å². The monoisotopic (exact) mass is 529 g/mol. The van der Waals surface area contributed by atoms with E-state index < -0.39 is 0 Å². The Kier molecular flexibility index (Phi) is 10.1. The van der Waals surface area contributed by atoms with Gasteiger partial charge in [0.2, 0.25) is 0 Å². The zero-order chi connectivity index (χ0) is 28.5. The van der Waals surface area contributed by atoms with E-state index in [1.54, 1.807) is 25.1 Å². The highest BCUT2D eigenvalue weighted by atomic mass is 16.5. The van der Waals surface area contributed by atoms with Crippen LogP contribution in [0.5, 0.6) is 5.75 Å². The van der Waals surface area contributed by atoms with Crippen LogP contribution in [0.3, 0.4) is 0 Å². The van der Waals surface area contributed by atoms with Crippen LogP contribution in [0, 0.1) is 0 Å². The number of para-hydroxylation sites is 1. The van der Waals surface area contributed by atoms with Gasteiger partial charge in [0.05, 0.1) is 18.4 Å². The van der Waals surface area contributed by atoms with Gasteiger partial charge in [0.15, 0.2) is 0 Å². The standard InChI is InChI=1S/C31H39N5O3/c1-8-22(18-25-21(2)33-20-27(25)24-12-9-10-13-29(24)39-7)23-14-15-28(34-31(38)32-3)26(19-23)30(37)36(6)17-11-16-35(4)5/h8-10,12-15,18-20,33H,2,11,16-17H2,1,3-7H3,(H2,32,34,38)/b22-8+,25-18+. The van der Waals surface area contributed by atoms with Crippen LogP contribution in [0.25, 0.3) is 29.4 Å². The molecule has 0 aliphatic carbocycles. The normalized spacial score (nSPS) is 12.0. The number of amides is 3. The second kappa shape index (κ2) is 13.5. The number of hydrogen-bond acceptors (Lipinski definition) is 4. The van der Waals surface area contributed by atoms with Crippen LogP contribution in [-0.4, -0.2) is 75.1 Å². The summed E-state index contributed by atoms with van der Waals surface area (Å²) >= 11 is 0. The number of rotatable bonds is 10. The Morgan fingerprint density at radius 2 is 1.82 bits per heavy atom. The minimum absolute atomic E-state index is 0.160. The van der Waals surface area contributed by atoms with E-state index in [1.807, 2.05) is 69.7 Å². The van der Waals surface area contributed by atoms with E-state index in [9.17, 15) is 9.59 Å². The molecule has 0 saturated heterocycles. The van der Waals surface area contributed by atoms with Crippen molar-refractivity contribution in [2.45, 2.75) is 13.3 Å². The fourth-order valence-electron chi connectivity index (χ4n) is 4.35. The first-order valence-corrected chi connectivity index (χ1v) is 12.9. The van der Waals surface area contributed by atoms with E-state index in [0.717, 1.165) is 51.5 Å². The lowest BCUT2D eigenvalue weighted by atomic mass is 9.98. The molecule has 0 atom stereocenters. The number of hydrogen-bond donors (Lipinski definition) is 3. The fourth-order valence-corrected chi connectivity index (χ4v) is 4.35. The van der Waals surface area contributed by atoms with E-state index >= 15 is 0 Å². The second-order valence-corrected chi connectivity index (χ2v) is 9.53. The number of carbonyl (C=O) groups excluding carboxylic acids is 2. The highest BCUT2D eigenvalue weighted by molar-refractivity contribution is 6.05. The van der Waals surface area contributed by atoms with Crippen LogP contribution in [0.2, 0.25) is 0 Å². The number of carbonyl (C=O) groups is 2. The van der Waals surface area contributed by atoms with Crippen molar-refractivity contribution in [3.05, 3.63) is 76.4 Å². The number of aromatic amines is 1. The van der Waals surface area contributed by atoms with Crippen molar-refractivity contribution in [1.29, 1.82) is 0 Å². The van der Waals surface area contributed by atoms with Crippen molar-refractivity contribution in [3.63, 3.8) is 0 Å². The van der Waals surface area contributed by atoms with Gasteiger partial charge in [0.1, 0.15) is 5.75 Å². The van der Waals surface area contributed by atoms with E-state index in [2.05, 4.69) is 33.2 Å². The zero-order valence-corrected chi connectivity index (χ0v) is 23.7. The topological polar surface area (TPSA) is 89.7 Å². The number of methoxy groups -OCH3 is 1. The van der Waals surface area contributed by atoms with Gasteiger partial charge in [-0.15, -0.1) is 0 Å². The Morgan fingerprint density at radius 1 is 1.08 bits per heavy atom. The van der Waals surface area contributed by atoms with Crippen LogP contribution in [0.4, 0.5) is 10.5 Å². The highest BCUT2D eigenvalue weighted by Crippen LogP contribution is 2.28. The molecule has 2 aromatic carbocycles. The van der Waals surface area contributed by atoms with Gasteiger partial charge in [0, 0.05) is 48.5 Å². The number of ether oxygens (including phenoxy) is 1. The maximum Gasteiger partial charge on any atom is 0.318 e. The number of nitrogens with zero attached hydrogens (tertiary/aromatic N) is 2. The first-order valence-electron chi connectivity index (χ1n) is 12.9. The average Bonchev–Trinajstić information content (AvgIpc) is 3.30. The van der Waals surface area contributed by atoms with Crippen molar-refractivity contribution < 1.29 is 14.3 Å². The Balaban J connectivity index is 2.07. The number of urea groups is 1. The van der Waals surface area contributed by atoms with Crippen LogP contribution < -0.4 is 25.9 Å². The minimum atomic E-state index is -0.389. The Hall–Kier alpha value is -4.30. The maximum atomic E-state index is 13.5. The zero-order valence-electron chi connectivity index (χ0n) is 23.7. The third kappa shape index (κ3) is 7.18. The van der Waals surface area contributed by atoms with E-state index in [-0.39, 0.29) is 11.9 Å². The Morgan fingerprint density at radius 3 is 2.49 bits per heavy atom. The molecular weight excluding hydrogens is 490 g/mol. The largest absolute Gasteiger partial charge is 0.496 e. The first kappa shape index (κ1) is 29.3. The summed E-state index contributed by atoms with van der Waals surface area (Å²) in [5.74, 6) is 0.606. The SMILES string of the molecule is C=c1[nH]cc(-c2ccccc2OC)/c1=C/C(=C\C)c1ccc(NC(=O)NC)c(C(=O)N(C)CCCN(C)C)c1. The fraction of sp³-hybridized carbons (Fsp3) is 0.290. The lowest BCUT2D eigenvalue weighted by molar-refractivity contribution is 0.0791. The first-order chi connectivity index (χ1) is 18.7. The molecule has 3 aromatic rings. The molecule has 0 fully saturated rings. The molecule has 3 rings (SSSR count). The molecule has 206 valence electrons. The van der Waals surface area contributed by atoms with Crippen molar-refractivity contribution in [2.24, 2.45) is 0 Å². The predicted octanol–water partition coefficient (Wildman–Crippen LogP) is 3.76. The van der Waals surface area contributed by atoms with Crippen molar-refractivity contribution >= 4 is 35.9 Å². The molecule has 0 bridgehead atoms. The molecule has 39 heavy (non-hydrogen) atoms. The third-order valence-electron chi connectivity index (χ3n) is 6.52. The molecule has 1 aromatic heterocycles. The molecule has 8 nitrogen and oxygen atoms in total. The minimum Gasteiger partial charge on any atom is -0.496 e. The highest BCUT2D eigenvalue weighted by Gasteiger charge is 2.19. The van der Waals surface area contributed by atoms with Crippen LogP contribution in [0.1, 0.15) is 29.3 Å². The molecule has 8 heteroatoms. The van der Waals surface area contributed by atoms with Crippen LogP contribution in [-0.2, 0) is 0 Å². The van der Waals surface area contributed by atoms with Crippen LogP contribution in [0.15, 0.2) is 54.7 Å². The second-order valence-electron chi connectivity index (χ2n) is 9.53. The quantitative estimate of drug-likeness (QED) is 0.373. The van der Waals surface area contributed by atoms with E-state index in [1.165, 1.54) is 7.05 Å². The summed E-state index contributed by atoms with van der Waals surface area (Å²) in [7, 11) is 8.99. The molecule has 3 N–H and O–H groups in total. The van der Waals surface area contributed by atoms with Gasteiger partial charge in [-0.1, -0.05) is 36.9 Å². The maximum absolute atomic E-state index is 13.5. The van der Waals surface area contributed by atoms with Gasteiger partial charge in [-0.25, -0.2) is 4.79 Å². The number of H-pyrrole nitrogens is 1. The van der Waals surface area contributed by atoms with E-state index in [4.69, 9.17) is 4.74 Å². The number of aromatic nitrogens is 1. The van der Waals surface area contributed by atoms with E-state index in [0.29, 0.717) is 17.8 Å². The van der Waals surface area contributed by atoms with Gasteiger partial charge >= 0.3 is 6.03 Å². The summed E-state index contributed by atoms with van der Waals surface area (Å²) in [5, 5.41) is 7.03. The molecule has 0 unspecified atom stereocenters. The van der Waals surface area contributed by atoms with Gasteiger partial charge in [-0.3, -0.25) is 4.79 Å². The number of allylic oxidation sites excluding steroid dienone is 2. The van der Waals surface area contributed by atoms with Crippen molar-refractivity contribution in [3.8, 4) is 16.9 Å². The molecule has 0 radical (unpaired) electrons. The molecule has 0 aliphatic rings. The summed E-state index contributed by atoms with van der Waals surface area (Å²) < 4.78 is 5.59. The molecule has 3 amide bonds. The molecule has 0 aliphatic heterocycles. The van der Waals surface area contributed by atoms with Gasteiger partial charge in [-0.05, 0) is 69.4 Å². The molecule has 0 spiro atoms. The summed E-state index contributed by atoms with van der Waals surface area (Å²) in [6, 6.07) is 13.0. The average molecular weight is 530 g/mol. The number of anilines is 1. The summed E-state index contributed by atoms with van der Waals surface area (Å²) in [4.78, 5) is 32.7. The Labute approximate surface area is 230 Å². The Bertz CT molecular complexity index is 1460. The third-order valence-corrected chi connectivity index (χ3v) is 6.52. The van der Waals surface area contributed by atoms with Crippen LogP contribution >= 0.6 is 0 Å². The molecular formula is C31H39N5O3. The molecule has 0 saturated carbocycles. The summed E-state index contributed by atoms with van der Waals surface area (Å²) in [6.07, 6.45) is 6.81. The summed E-state index contributed by atoms with van der Waals surface area (Å²) in [6.45, 7) is 7.62. The lowest BCUT2D eigenvalue weighted by Gasteiger charge is -2.21. The number of nitrogens with one attached hydrogen (secondary N) is 3. The van der Waals surface area contributed by atoms with Gasteiger partial charge < -0.3 is 30.2 Å². The number of benzene rings is 2. The van der Waals surface area contributed by atoms with Gasteiger partial charge in [-0.2, -0.15) is 0 Å². The summed E-state index contributed by atoms with van der Waals surface area (Å²) in [5.41, 5.74) is 4.54. The predicted molar refractivity (Wildman–Crippen MR) is 160 cm³/mol. The van der Waals surface area contributed by atoms with Crippen molar-refractivity contribution in [1.82, 2.24) is 20.1 Å². The lowest BCUT2D eigenvalue weighted by Crippen LogP contribution is -2.31. The van der Waals surface area contributed by atoms with Crippen molar-refractivity contribution in [2.75, 3.05) is 53.7 Å². The molecule has 1 heterocycles. The smallest absolute Gasteiger partial charge is 0.318 e.